The average molecular weight is 313 g/mol. The summed E-state index contributed by atoms with van der Waals surface area (Å²) in [7, 11) is 0. The number of carboxylic acids is 1. The summed E-state index contributed by atoms with van der Waals surface area (Å²) in [6.45, 7) is 4.24. The maximum absolute atomic E-state index is 13.4. The maximum Gasteiger partial charge on any atom is 0.335 e. The Bertz CT molecular complexity index is 447. The third kappa shape index (κ3) is 5.60. The largest absolute Gasteiger partial charge is 0.478 e. The van der Waals surface area contributed by atoms with Crippen LogP contribution in [-0.2, 0) is 14.3 Å². The van der Waals surface area contributed by atoms with Crippen LogP contribution in [0.5, 0.6) is 0 Å². The van der Waals surface area contributed by atoms with E-state index in [4.69, 9.17) is 9.84 Å². The number of carboxylic acid groups (broad SMARTS) is 1. The number of aliphatic carboxylic acids is 1. The van der Waals surface area contributed by atoms with E-state index >= 15 is 0 Å². The number of carbonyl (C=O) groups excluding carboxylic acids is 1. The second-order valence-electron chi connectivity index (χ2n) is 5.20. The molecule has 1 aliphatic rings. The number of amides is 1. The molecule has 2 atom stereocenters. The average Bonchev–Trinajstić information content (AvgIpc) is 2.85. The number of hydrogen-bond donors (Lipinski definition) is 1. The van der Waals surface area contributed by atoms with Gasteiger partial charge in [0.15, 0.2) is 0 Å². The summed E-state index contributed by atoms with van der Waals surface area (Å²) in [4.78, 5) is 24.2. The smallest absolute Gasteiger partial charge is 0.335 e. The normalized spacial score (nSPS) is 22.5. The monoisotopic (exact) mass is 313 g/mol. The van der Waals surface area contributed by atoms with Gasteiger partial charge in [-0.25, -0.2) is 9.18 Å². The molecule has 1 amide bonds. The van der Waals surface area contributed by atoms with Crippen LogP contribution < -0.4 is 0 Å². The lowest BCUT2D eigenvalue weighted by Gasteiger charge is -2.23. The van der Waals surface area contributed by atoms with Gasteiger partial charge in [-0.3, -0.25) is 4.79 Å². The molecular weight excluding hydrogens is 289 g/mol. The Kier molecular flexibility index (Phi) is 7.80. The molecule has 0 saturated carbocycles. The van der Waals surface area contributed by atoms with E-state index in [0.717, 1.165) is 0 Å². The fourth-order valence-corrected chi connectivity index (χ4v) is 2.42. The van der Waals surface area contributed by atoms with Crippen molar-refractivity contribution in [2.24, 2.45) is 0 Å². The summed E-state index contributed by atoms with van der Waals surface area (Å²) < 4.78 is 18.9. The van der Waals surface area contributed by atoms with Crippen LogP contribution in [0.2, 0.25) is 0 Å². The summed E-state index contributed by atoms with van der Waals surface area (Å²) in [6, 6.07) is -0.235. The minimum Gasteiger partial charge on any atom is -0.478 e. The van der Waals surface area contributed by atoms with Crippen LogP contribution in [0.4, 0.5) is 4.39 Å². The van der Waals surface area contributed by atoms with Crippen LogP contribution in [0.1, 0.15) is 33.1 Å². The summed E-state index contributed by atoms with van der Waals surface area (Å²) in [5.41, 5.74) is 0.221. The molecule has 1 heterocycles. The molecule has 1 fully saturated rings. The van der Waals surface area contributed by atoms with Crippen molar-refractivity contribution in [2.75, 3.05) is 19.8 Å². The predicted octanol–water partition coefficient (Wildman–Crippen LogP) is 2.33. The molecule has 1 saturated heterocycles. The molecule has 0 spiro atoms. The molecule has 5 nitrogen and oxygen atoms in total. The molecule has 1 aliphatic heterocycles. The van der Waals surface area contributed by atoms with Gasteiger partial charge in [-0.15, -0.1) is 0 Å². The highest BCUT2D eigenvalue weighted by molar-refractivity contribution is 5.89. The van der Waals surface area contributed by atoms with E-state index < -0.39 is 12.1 Å². The fourth-order valence-electron chi connectivity index (χ4n) is 2.42. The molecule has 0 aliphatic carbocycles. The molecule has 0 bridgehead atoms. The Hall–Kier alpha value is -1.69. The first-order valence-corrected chi connectivity index (χ1v) is 7.60. The zero-order chi connectivity index (χ0) is 16.5. The third-order valence-electron chi connectivity index (χ3n) is 3.48. The van der Waals surface area contributed by atoms with Crippen molar-refractivity contribution in [3.8, 4) is 0 Å². The van der Waals surface area contributed by atoms with Crippen molar-refractivity contribution in [3.05, 3.63) is 23.8 Å². The van der Waals surface area contributed by atoms with Crippen LogP contribution in [-0.4, -0.2) is 53.9 Å². The molecule has 1 N–H and O–H groups in total. The quantitative estimate of drug-likeness (QED) is 0.424. The van der Waals surface area contributed by atoms with Crippen LogP contribution >= 0.6 is 0 Å². The Morgan fingerprint density at radius 2 is 2.14 bits per heavy atom. The lowest BCUT2D eigenvalue weighted by atomic mass is 10.2. The third-order valence-corrected chi connectivity index (χ3v) is 3.48. The Morgan fingerprint density at radius 1 is 1.41 bits per heavy atom. The molecule has 22 heavy (non-hydrogen) atoms. The molecule has 2 unspecified atom stereocenters. The highest BCUT2D eigenvalue weighted by Gasteiger charge is 2.34. The van der Waals surface area contributed by atoms with Gasteiger partial charge in [0.2, 0.25) is 5.91 Å². The van der Waals surface area contributed by atoms with E-state index in [-0.39, 0.29) is 37.3 Å². The number of ether oxygens (including phenoxy) is 1. The maximum atomic E-state index is 13.4. The number of halogens is 1. The van der Waals surface area contributed by atoms with Gasteiger partial charge in [0, 0.05) is 12.8 Å². The van der Waals surface area contributed by atoms with Crippen molar-refractivity contribution in [1.29, 1.82) is 0 Å². The molecular formula is C16H24FNO4. The zero-order valence-electron chi connectivity index (χ0n) is 13.1. The minimum absolute atomic E-state index is 0.0664. The standard InChI is InChI=1S/C16H24FNO4/c1-3-6-12(16(20)21)7-5-8-22-11-14-9-13(17)10-18(14)15(19)4-2/h5-7,13-14H,3-4,8-11H2,1-2H3,(H,20,21)/b7-5-,12-6+. The van der Waals surface area contributed by atoms with E-state index in [1.807, 2.05) is 6.92 Å². The van der Waals surface area contributed by atoms with Gasteiger partial charge in [0.05, 0.1) is 31.4 Å². The number of likely N-dealkylation sites (tertiary alicyclic amines) is 1. The van der Waals surface area contributed by atoms with Crippen molar-refractivity contribution in [1.82, 2.24) is 4.90 Å². The summed E-state index contributed by atoms with van der Waals surface area (Å²) >= 11 is 0. The Labute approximate surface area is 130 Å². The second kappa shape index (κ2) is 9.35. The molecule has 6 heteroatoms. The highest BCUT2D eigenvalue weighted by Crippen LogP contribution is 2.21. The second-order valence-corrected chi connectivity index (χ2v) is 5.20. The van der Waals surface area contributed by atoms with Gasteiger partial charge in [-0.2, -0.15) is 0 Å². The summed E-state index contributed by atoms with van der Waals surface area (Å²) in [5, 5.41) is 8.94. The van der Waals surface area contributed by atoms with E-state index in [1.165, 1.54) is 11.0 Å². The van der Waals surface area contributed by atoms with Crippen molar-refractivity contribution < 1.29 is 23.8 Å². The molecule has 124 valence electrons. The Morgan fingerprint density at radius 3 is 2.73 bits per heavy atom. The number of nitrogens with zero attached hydrogens (tertiary/aromatic N) is 1. The number of rotatable bonds is 8. The Balaban J connectivity index is 2.41. The first kappa shape index (κ1) is 18.4. The first-order chi connectivity index (χ1) is 10.5. The molecule has 0 aromatic rings. The first-order valence-electron chi connectivity index (χ1n) is 7.60. The molecule has 1 rings (SSSR count). The van der Waals surface area contributed by atoms with Crippen molar-refractivity contribution >= 4 is 11.9 Å². The van der Waals surface area contributed by atoms with Gasteiger partial charge in [-0.1, -0.05) is 26.0 Å². The number of alkyl halides is 1. The van der Waals surface area contributed by atoms with Crippen LogP contribution in [0.15, 0.2) is 23.8 Å². The lowest BCUT2D eigenvalue weighted by Crippen LogP contribution is -2.38. The van der Waals surface area contributed by atoms with Gasteiger partial charge in [-0.05, 0) is 12.5 Å². The van der Waals surface area contributed by atoms with E-state index in [0.29, 0.717) is 19.3 Å². The molecule has 0 aromatic heterocycles. The van der Waals surface area contributed by atoms with Gasteiger partial charge in [0.1, 0.15) is 6.17 Å². The van der Waals surface area contributed by atoms with Gasteiger partial charge in [0.25, 0.3) is 0 Å². The molecule has 0 radical (unpaired) electrons. The fraction of sp³-hybridized carbons (Fsp3) is 0.625. The van der Waals surface area contributed by atoms with Crippen LogP contribution in [0.25, 0.3) is 0 Å². The lowest BCUT2D eigenvalue weighted by molar-refractivity contribution is -0.133. The summed E-state index contributed by atoms with van der Waals surface area (Å²) in [5.74, 6) is -1.04. The topological polar surface area (TPSA) is 66.8 Å². The SMILES string of the molecule is CC/C=C(\C=C/COCC1CC(F)CN1C(=O)CC)C(=O)O. The van der Waals surface area contributed by atoms with E-state index in [2.05, 4.69) is 0 Å². The van der Waals surface area contributed by atoms with Crippen molar-refractivity contribution in [3.63, 3.8) is 0 Å². The highest BCUT2D eigenvalue weighted by atomic mass is 19.1. The van der Waals surface area contributed by atoms with Crippen LogP contribution in [0.3, 0.4) is 0 Å². The molecule has 0 aromatic carbocycles. The van der Waals surface area contributed by atoms with Crippen molar-refractivity contribution in [2.45, 2.75) is 45.3 Å². The number of carbonyl (C=O) groups is 2. The minimum atomic E-state index is -0.995. The number of allylic oxidation sites excluding steroid dienone is 1. The predicted molar refractivity (Wildman–Crippen MR) is 81.3 cm³/mol. The van der Waals surface area contributed by atoms with Gasteiger partial charge >= 0.3 is 5.97 Å². The van der Waals surface area contributed by atoms with E-state index in [9.17, 15) is 14.0 Å². The number of hydrogen-bond acceptors (Lipinski definition) is 3. The van der Waals surface area contributed by atoms with Gasteiger partial charge < -0.3 is 14.7 Å². The summed E-state index contributed by atoms with van der Waals surface area (Å²) in [6.07, 6.45) is 5.02. The zero-order valence-corrected chi connectivity index (χ0v) is 13.1. The van der Waals surface area contributed by atoms with E-state index in [1.54, 1.807) is 19.1 Å². The van der Waals surface area contributed by atoms with Crippen LogP contribution in [0, 0.1) is 0 Å².